The Hall–Kier alpha value is -2.26. The maximum absolute atomic E-state index is 11.5. The summed E-state index contributed by atoms with van der Waals surface area (Å²) >= 11 is 0. The van der Waals surface area contributed by atoms with E-state index in [1.54, 1.807) is 6.92 Å². The molecule has 0 bridgehead atoms. The van der Waals surface area contributed by atoms with Gasteiger partial charge in [-0.15, -0.1) is 10.2 Å². The highest BCUT2D eigenvalue weighted by molar-refractivity contribution is 6.62. The van der Waals surface area contributed by atoms with E-state index in [0.717, 1.165) is 17.4 Å². The van der Waals surface area contributed by atoms with E-state index < -0.39 is 0 Å². The van der Waals surface area contributed by atoms with Crippen molar-refractivity contribution in [2.75, 3.05) is 6.61 Å². The van der Waals surface area contributed by atoms with Crippen molar-refractivity contribution in [2.45, 2.75) is 72.1 Å². The predicted octanol–water partition coefficient (Wildman–Crippen LogP) is 1.63. The monoisotopic (exact) mass is 400 g/mol. The normalized spacial score (nSPS) is 17.5. The highest BCUT2D eigenvalue weighted by atomic mass is 16.7. The van der Waals surface area contributed by atoms with E-state index in [2.05, 4.69) is 68.2 Å². The van der Waals surface area contributed by atoms with Crippen LogP contribution < -0.4 is 5.46 Å². The van der Waals surface area contributed by atoms with E-state index in [1.165, 1.54) is 10.4 Å². The van der Waals surface area contributed by atoms with Gasteiger partial charge in [-0.25, -0.2) is 4.79 Å². The lowest BCUT2D eigenvalue weighted by Crippen LogP contribution is -2.41. The van der Waals surface area contributed by atoms with Crippen molar-refractivity contribution in [3.8, 4) is 0 Å². The van der Waals surface area contributed by atoms with Gasteiger partial charge in [-0.05, 0) is 69.8 Å². The molecule has 0 unspecified atom stereocenters. The van der Waals surface area contributed by atoms with Crippen LogP contribution in [-0.2, 0) is 38.2 Å². The van der Waals surface area contributed by atoms with Crippen molar-refractivity contribution in [1.82, 2.24) is 20.2 Å². The zero-order valence-electron chi connectivity index (χ0n) is 18.1. The number of rotatable bonds is 7. The maximum atomic E-state index is 11.5. The fourth-order valence-corrected chi connectivity index (χ4v) is 3.14. The molecule has 0 saturated carbocycles. The molecule has 29 heavy (non-hydrogen) atoms. The van der Waals surface area contributed by atoms with Crippen LogP contribution in [0.15, 0.2) is 18.2 Å². The Bertz CT molecular complexity index is 865. The molecule has 1 aliphatic rings. The average molecular weight is 400 g/mol. The maximum Gasteiger partial charge on any atom is 0.494 e. The van der Waals surface area contributed by atoms with Gasteiger partial charge in [0.15, 0.2) is 12.4 Å². The van der Waals surface area contributed by atoms with Gasteiger partial charge in [-0.1, -0.05) is 18.2 Å². The molecule has 0 amide bonds. The van der Waals surface area contributed by atoms with Gasteiger partial charge in [0.1, 0.15) is 0 Å². The van der Waals surface area contributed by atoms with Crippen LogP contribution in [-0.4, -0.2) is 51.1 Å². The molecule has 0 atom stereocenters. The molecule has 1 aromatic carbocycles. The summed E-state index contributed by atoms with van der Waals surface area (Å²) in [7, 11) is -0.364. The Morgan fingerprint density at radius 1 is 1.17 bits per heavy atom. The molecule has 3 rings (SSSR count). The van der Waals surface area contributed by atoms with Gasteiger partial charge >= 0.3 is 13.1 Å². The van der Waals surface area contributed by atoms with Gasteiger partial charge in [0.05, 0.1) is 17.8 Å². The second kappa shape index (κ2) is 8.24. The molecule has 0 radical (unpaired) electrons. The van der Waals surface area contributed by atoms with Crippen LogP contribution >= 0.6 is 0 Å². The molecular weight excluding hydrogens is 371 g/mol. The zero-order chi connectivity index (χ0) is 21.2. The Balaban J connectivity index is 1.61. The SMILES string of the molecule is CCOC(=O)Cn1nnc(CCc2ccc(B3OC(C)(C)C(C)(C)O3)cc2C)n1. The first-order valence-corrected chi connectivity index (χ1v) is 9.98. The molecule has 0 N–H and O–H groups in total. The highest BCUT2D eigenvalue weighted by Gasteiger charge is 2.51. The molecule has 8 nitrogen and oxygen atoms in total. The third-order valence-corrected chi connectivity index (χ3v) is 5.58. The Kier molecular flexibility index (Phi) is 6.09. The molecule has 1 aliphatic heterocycles. The Morgan fingerprint density at radius 2 is 1.86 bits per heavy atom. The van der Waals surface area contributed by atoms with Crippen molar-refractivity contribution in [1.29, 1.82) is 0 Å². The topological polar surface area (TPSA) is 88.4 Å². The number of benzene rings is 1. The number of aryl methyl sites for hydroxylation is 3. The third kappa shape index (κ3) is 4.84. The second-order valence-electron chi connectivity index (χ2n) is 8.32. The van der Waals surface area contributed by atoms with E-state index in [1.807, 2.05) is 0 Å². The minimum absolute atomic E-state index is 0.0251. The number of ether oxygens (including phenoxy) is 1. The number of carbonyl (C=O) groups excluding carboxylic acids is 1. The Labute approximate surface area is 172 Å². The van der Waals surface area contributed by atoms with E-state index in [4.69, 9.17) is 14.0 Å². The number of hydrogen-bond donors (Lipinski definition) is 0. The zero-order valence-corrected chi connectivity index (χ0v) is 18.1. The van der Waals surface area contributed by atoms with Gasteiger partial charge in [0, 0.05) is 6.42 Å². The first-order chi connectivity index (χ1) is 13.6. The minimum Gasteiger partial charge on any atom is -0.465 e. The fourth-order valence-electron chi connectivity index (χ4n) is 3.14. The summed E-state index contributed by atoms with van der Waals surface area (Å²) in [6, 6.07) is 6.26. The number of hydrogen-bond acceptors (Lipinski definition) is 7. The predicted molar refractivity (Wildman–Crippen MR) is 109 cm³/mol. The van der Waals surface area contributed by atoms with E-state index in [9.17, 15) is 4.79 Å². The van der Waals surface area contributed by atoms with E-state index in [0.29, 0.717) is 18.9 Å². The second-order valence-corrected chi connectivity index (χ2v) is 8.32. The lowest BCUT2D eigenvalue weighted by Gasteiger charge is -2.32. The average Bonchev–Trinajstić information content (AvgIpc) is 3.15. The number of carbonyl (C=O) groups is 1. The lowest BCUT2D eigenvalue weighted by molar-refractivity contribution is -0.144. The molecule has 1 aromatic heterocycles. The standard InChI is InChI=1S/C20H29BN4O4/c1-7-27-18(26)13-25-23-17(22-24-25)11-9-15-8-10-16(12-14(15)2)21-28-19(3,4)20(5,6)29-21/h8,10,12H,7,9,11,13H2,1-6H3. The van der Waals surface area contributed by atoms with E-state index in [-0.39, 0.29) is 30.8 Å². The van der Waals surface area contributed by atoms with Crippen molar-refractivity contribution in [3.63, 3.8) is 0 Å². The van der Waals surface area contributed by atoms with Gasteiger partial charge in [-0.2, -0.15) is 4.80 Å². The van der Waals surface area contributed by atoms with Crippen molar-refractivity contribution >= 4 is 18.6 Å². The molecule has 156 valence electrons. The summed E-state index contributed by atoms with van der Waals surface area (Å²) in [5.74, 6) is 0.231. The molecular formula is C20H29BN4O4. The van der Waals surface area contributed by atoms with Gasteiger partial charge in [0.2, 0.25) is 0 Å². The van der Waals surface area contributed by atoms with Crippen molar-refractivity contribution < 1.29 is 18.8 Å². The number of esters is 1. The van der Waals surface area contributed by atoms with Crippen LogP contribution in [0.1, 0.15) is 51.6 Å². The summed E-state index contributed by atoms with van der Waals surface area (Å²) in [6.07, 6.45) is 1.42. The van der Waals surface area contributed by atoms with Crippen molar-refractivity contribution in [2.24, 2.45) is 0 Å². The van der Waals surface area contributed by atoms with Crippen LogP contribution in [0.5, 0.6) is 0 Å². The summed E-state index contributed by atoms with van der Waals surface area (Å²) in [5, 5.41) is 12.2. The quantitative estimate of drug-likeness (QED) is 0.516. The smallest absolute Gasteiger partial charge is 0.465 e. The van der Waals surface area contributed by atoms with Crippen LogP contribution in [0, 0.1) is 6.92 Å². The van der Waals surface area contributed by atoms with Crippen LogP contribution in [0.25, 0.3) is 0 Å². The summed E-state index contributed by atoms with van der Waals surface area (Å²) < 4.78 is 17.2. The first kappa shape index (κ1) is 21.5. The molecule has 9 heteroatoms. The molecule has 0 aliphatic carbocycles. The largest absolute Gasteiger partial charge is 0.494 e. The Morgan fingerprint density at radius 3 is 2.48 bits per heavy atom. The first-order valence-electron chi connectivity index (χ1n) is 9.98. The number of nitrogens with zero attached hydrogens (tertiary/aromatic N) is 4. The third-order valence-electron chi connectivity index (χ3n) is 5.58. The highest BCUT2D eigenvalue weighted by Crippen LogP contribution is 2.36. The molecule has 1 saturated heterocycles. The van der Waals surface area contributed by atoms with Gasteiger partial charge in [-0.3, -0.25) is 0 Å². The molecule has 2 aromatic rings. The summed E-state index contributed by atoms with van der Waals surface area (Å²) in [6.45, 7) is 12.4. The number of aromatic nitrogens is 4. The summed E-state index contributed by atoms with van der Waals surface area (Å²) in [4.78, 5) is 12.8. The van der Waals surface area contributed by atoms with Gasteiger partial charge in [0.25, 0.3) is 0 Å². The van der Waals surface area contributed by atoms with Crippen molar-refractivity contribution in [3.05, 3.63) is 35.2 Å². The lowest BCUT2D eigenvalue weighted by atomic mass is 9.77. The van der Waals surface area contributed by atoms with Crippen LogP contribution in [0.3, 0.4) is 0 Å². The van der Waals surface area contributed by atoms with Crippen LogP contribution in [0.2, 0.25) is 0 Å². The molecule has 2 heterocycles. The van der Waals surface area contributed by atoms with Crippen LogP contribution in [0.4, 0.5) is 0 Å². The molecule has 1 fully saturated rings. The van der Waals surface area contributed by atoms with Gasteiger partial charge < -0.3 is 14.0 Å². The number of tetrazole rings is 1. The fraction of sp³-hybridized carbons (Fsp3) is 0.600. The molecule has 0 spiro atoms. The minimum atomic E-state index is -0.370. The summed E-state index contributed by atoms with van der Waals surface area (Å²) in [5.41, 5.74) is 2.67. The van der Waals surface area contributed by atoms with E-state index >= 15 is 0 Å².